The third-order valence-electron chi connectivity index (χ3n) is 6.85. The maximum Gasteiger partial charge on any atom is 0.215 e. The summed E-state index contributed by atoms with van der Waals surface area (Å²) in [5.74, 6) is 2.69. The van der Waals surface area contributed by atoms with Crippen LogP contribution in [0, 0.1) is 0 Å². The average molecular weight is 473 g/mol. The lowest BCUT2D eigenvalue weighted by molar-refractivity contribution is 0.0985. The number of pyridine rings is 1. The number of anilines is 2. The molecule has 3 atom stereocenters. The van der Waals surface area contributed by atoms with E-state index in [1.807, 2.05) is 6.07 Å². The molecule has 9 nitrogen and oxygen atoms in total. The maximum absolute atomic E-state index is 14.1. The van der Waals surface area contributed by atoms with E-state index in [9.17, 15) is 4.21 Å². The standard InChI is InChI=1S/C23H32N6O3S/c1-15-14-32-9-8-29(15)20-13-18(23(2)7-4-10-33(23,30)28-17-5-6-17)25-22(27-20)16-11-19(24)26-21(12-16)31-3/h11-13,15,17H,4-10,14H2,1-3H3,(H2,24,26)/t15-,23?,33?/m1/s1. The van der Waals surface area contributed by atoms with Crippen LogP contribution in [0.5, 0.6) is 5.88 Å². The topological polar surface area (TPSA) is 116 Å². The number of nitrogens with two attached hydrogens (primary N) is 1. The highest BCUT2D eigenvalue weighted by molar-refractivity contribution is 7.94. The van der Waals surface area contributed by atoms with Gasteiger partial charge in [-0.3, -0.25) is 0 Å². The third kappa shape index (κ3) is 4.14. The van der Waals surface area contributed by atoms with Gasteiger partial charge in [-0.2, -0.15) is 4.98 Å². The van der Waals surface area contributed by atoms with E-state index in [4.69, 9.17) is 29.5 Å². The first-order valence-corrected chi connectivity index (χ1v) is 13.3. The van der Waals surface area contributed by atoms with Gasteiger partial charge in [0.2, 0.25) is 5.88 Å². The Balaban J connectivity index is 1.68. The Morgan fingerprint density at radius 1 is 1.27 bits per heavy atom. The molecule has 0 amide bonds. The zero-order valence-electron chi connectivity index (χ0n) is 19.5. The Kier molecular flexibility index (Phi) is 5.68. The number of nitrogens with zero attached hydrogens (tertiary/aromatic N) is 5. The summed E-state index contributed by atoms with van der Waals surface area (Å²) in [6, 6.07) is 5.95. The molecule has 3 fully saturated rings. The molecule has 5 rings (SSSR count). The number of methoxy groups -OCH3 is 1. The summed E-state index contributed by atoms with van der Waals surface area (Å²) in [6.45, 7) is 6.19. The second kappa shape index (κ2) is 8.39. The molecule has 2 aliphatic heterocycles. The predicted octanol–water partition coefficient (Wildman–Crippen LogP) is 2.99. The molecule has 2 saturated heterocycles. The number of hydrogen-bond donors (Lipinski definition) is 1. The molecule has 4 heterocycles. The van der Waals surface area contributed by atoms with E-state index in [0.29, 0.717) is 36.5 Å². The van der Waals surface area contributed by atoms with Gasteiger partial charge in [0, 0.05) is 30.0 Å². The average Bonchev–Trinajstić information content (AvgIpc) is 3.56. The van der Waals surface area contributed by atoms with Crippen LogP contribution in [0.4, 0.5) is 11.6 Å². The minimum atomic E-state index is -2.44. The second-order valence-corrected chi connectivity index (χ2v) is 12.2. The van der Waals surface area contributed by atoms with Crippen LogP contribution in [0.3, 0.4) is 0 Å². The zero-order valence-corrected chi connectivity index (χ0v) is 20.3. The highest BCUT2D eigenvalue weighted by atomic mass is 32.2. The molecule has 0 spiro atoms. The Bertz CT molecular complexity index is 1180. The molecular formula is C23H32N6O3S. The van der Waals surface area contributed by atoms with Gasteiger partial charge in [-0.15, -0.1) is 0 Å². The molecule has 2 aromatic heterocycles. The van der Waals surface area contributed by atoms with E-state index in [-0.39, 0.29) is 12.1 Å². The molecule has 2 N–H and O–H groups in total. The molecule has 0 bridgehead atoms. The molecule has 3 aliphatic rings. The molecule has 1 saturated carbocycles. The van der Waals surface area contributed by atoms with Crippen LogP contribution in [-0.2, 0) is 19.2 Å². The van der Waals surface area contributed by atoms with Gasteiger partial charge < -0.3 is 20.1 Å². The molecule has 0 aromatic carbocycles. The zero-order chi connectivity index (χ0) is 23.2. The van der Waals surface area contributed by atoms with Crippen molar-refractivity contribution in [3.8, 4) is 17.3 Å². The van der Waals surface area contributed by atoms with Gasteiger partial charge >= 0.3 is 0 Å². The highest BCUT2D eigenvalue weighted by Crippen LogP contribution is 2.45. The predicted molar refractivity (Wildman–Crippen MR) is 129 cm³/mol. The van der Waals surface area contributed by atoms with E-state index >= 15 is 0 Å². The first kappa shape index (κ1) is 22.3. The van der Waals surface area contributed by atoms with E-state index < -0.39 is 14.5 Å². The van der Waals surface area contributed by atoms with Gasteiger partial charge in [-0.25, -0.2) is 18.5 Å². The highest BCUT2D eigenvalue weighted by Gasteiger charge is 2.46. The van der Waals surface area contributed by atoms with Crippen LogP contribution in [0.1, 0.15) is 45.2 Å². The van der Waals surface area contributed by atoms with Gasteiger partial charge in [-0.05, 0) is 45.6 Å². The normalized spacial score (nSPS) is 29.8. The van der Waals surface area contributed by atoms with Crippen LogP contribution >= 0.6 is 0 Å². The van der Waals surface area contributed by atoms with Crippen molar-refractivity contribution in [2.45, 2.75) is 56.4 Å². The first-order valence-electron chi connectivity index (χ1n) is 11.6. The Labute approximate surface area is 195 Å². The number of rotatable bonds is 5. The fraction of sp³-hybridized carbons (Fsp3) is 0.609. The SMILES string of the molecule is COc1cc(-c2nc(N3CCOC[C@H]3C)cc(C3(C)CCCS3(=O)=NC3CC3)n2)cc(N)n1. The van der Waals surface area contributed by atoms with Crippen molar-refractivity contribution in [2.24, 2.45) is 4.36 Å². The molecule has 178 valence electrons. The third-order valence-corrected chi connectivity index (χ3v) is 10.2. The van der Waals surface area contributed by atoms with Gasteiger partial charge in [0.15, 0.2) is 5.82 Å². The summed E-state index contributed by atoms with van der Waals surface area (Å²) >= 11 is 0. The maximum atomic E-state index is 14.1. The van der Waals surface area contributed by atoms with E-state index in [1.165, 1.54) is 0 Å². The molecule has 2 aromatic rings. The van der Waals surface area contributed by atoms with E-state index in [1.54, 1.807) is 19.2 Å². The number of nitrogen functional groups attached to an aromatic ring is 1. The summed E-state index contributed by atoms with van der Waals surface area (Å²) in [7, 11) is -0.882. The summed E-state index contributed by atoms with van der Waals surface area (Å²) in [4.78, 5) is 16.3. The smallest absolute Gasteiger partial charge is 0.215 e. The summed E-state index contributed by atoms with van der Waals surface area (Å²) in [5, 5.41) is 0. The van der Waals surface area contributed by atoms with Crippen molar-refractivity contribution in [3.63, 3.8) is 0 Å². The molecule has 10 heteroatoms. The monoisotopic (exact) mass is 472 g/mol. The van der Waals surface area contributed by atoms with E-state index in [0.717, 1.165) is 49.3 Å². The Morgan fingerprint density at radius 3 is 2.82 bits per heavy atom. The minimum Gasteiger partial charge on any atom is -0.481 e. The van der Waals surface area contributed by atoms with Crippen molar-refractivity contribution in [1.29, 1.82) is 0 Å². The lowest BCUT2D eigenvalue weighted by atomic mass is 10.0. The van der Waals surface area contributed by atoms with Crippen molar-refractivity contribution in [1.82, 2.24) is 15.0 Å². The van der Waals surface area contributed by atoms with Gasteiger partial charge in [0.05, 0.1) is 52.6 Å². The lowest BCUT2D eigenvalue weighted by Gasteiger charge is -2.35. The van der Waals surface area contributed by atoms with Crippen LogP contribution in [0.15, 0.2) is 22.6 Å². The fourth-order valence-electron chi connectivity index (χ4n) is 4.68. The summed E-state index contributed by atoms with van der Waals surface area (Å²) in [5.41, 5.74) is 7.53. The number of aromatic nitrogens is 3. The van der Waals surface area contributed by atoms with Gasteiger partial charge in [0.25, 0.3) is 0 Å². The first-order chi connectivity index (χ1) is 15.8. The van der Waals surface area contributed by atoms with Crippen LogP contribution in [0.2, 0.25) is 0 Å². The molecule has 0 radical (unpaired) electrons. The van der Waals surface area contributed by atoms with Gasteiger partial charge in [-0.1, -0.05) is 0 Å². The summed E-state index contributed by atoms with van der Waals surface area (Å²) < 4.78 is 29.3. The molecule has 2 unspecified atom stereocenters. The fourth-order valence-corrected chi connectivity index (χ4v) is 7.59. The van der Waals surface area contributed by atoms with Gasteiger partial charge in [0.1, 0.15) is 11.6 Å². The van der Waals surface area contributed by atoms with Crippen molar-refractivity contribution >= 4 is 21.4 Å². The van der Waals surface area contributed by atoms with Crippen molar-refractivity contribution < 1.29 is 13.7 Å². The largest absolute Gasteiger partial charge is 0.481 e. The van der Waals surface area contributed by atoms with Crippen LogP contribution in [0.25, 0.3) is 11.4 Å². The molecule has 1 aliphatic carbocycles. The summed E-state index contributed by atoms with van der Waals surface area (Å²) in [6.07, 6.45) is 3.74. The number of morpholine rings is 1. The Hall–Kier alpha value is -2.46. The number of hydrogen-bond acceptors (Lipinski definition) is 9. The van der Waals surface area contributed by atoms with Crippen molar-refractivity contribution in [2.75, 3.05) is 43.3 Å². The number of ether oxygens (including phenoxy) is 2. The van der Waals surface area contributed by atoms with Crippen LogP contribution < -0.4 is 15.4 Å². The van der Waals surface area contributed by atoms with Crippen LogP contribution in [-0.4, -0.2) is 63.9 Å². The van der Waals surface area contributed by atoms with E-state index in [2.05, 4.69) is 23.7 Å². The molecule has 33 heavy (non-hydrogen) atoms. The second-order valence-electron chi connectivity index (χ2n) is 9.39. The quantitative estimate of drug-likeness (QED) is 0.706. The molecular weight excluding hydrogens is 440 g/mol. The van der Waals surface area contributed by atoms with Crippen molar-refractivity contribution in [3.05, 3.63) is 23.9 Å². The lowest BCUT2D eigenvalue weighted by Crippen LogP contribution is -2.44. The Morgan fingerprint density at radius 2 is 2.09 bits per heavy atom. The minimum absolute atomic E-state index is 0.170.